The highest BCUT2D eigenvalue weighted by Crippen LogP contribution is 2.21. The normalized spacial score (nSPS) is 10.1. The maximum Gasteiger partial charge on any atom is 0.268 e. The van der Waals surface area contributed by atoms with E-state index in [1.165, 1.54) is 13.2 Å². The van der Waals surface area contributed by atoms with E-state index in [9.17, 15) is 19.1 Å². The Kier molecular flexibility index (Phi) is 3.36. The summed E-state index contributed by atoms with van der Waals surface area (Å²) in [5, 5.41) is 18.4. The second-order valence-corrected chi connectivity index (χ2v) is 4.16. The molecule has 1 aromatic heterocycles. The number of carbonyl (C=O) groups is 1. The molecule has 0 saturated carbocycles. The molecule has 0 aliphatic heterocycles. The van der Waals surface area contributed by atoms with Gasteiger partial charge in [-0.05, 0) is 24.3 Å². The molecule has 20 heavy (non-hydrogen) atoms. The van der Waals surface area contributed by atoms with Crippen molar-refractivity contribution in [2.45, 2.75) is 0 Å². The van der Waals surface area contributed by atoms with Crippen molar-refractivity contribution in [3.63, 3.8) is 0 Å². The number of nitriles is 1. The molecular formula is C14H9FN2O3. The monoisotopic (exact) mass is 272 g/mol. The van der Waals surface area contributed by atoms with Crippen molar-refractivity contribution in [2.75, 3.05) is 0 Å². The van der Waals surface area contributed by atoms with Crippen LogP contribution in [0.2, 0.25) is 0 Å². The number of carbonyl (C=O) groups excluding carboxylic acids is 1. The summed E-state index contributed by atoms with van der Waals surface area (Å²) in [7, 11) is 1.39. The number of aryl methyl sites for hydroxylation is 1. The highest BCUT2D eigenvalue weighted by Gasteiger charge is 2.17. The fourth-order valence-electron chi connectivity index (χ4n) is 1.76. The average Bonchev–Trinajstić information content (AvgIpc) is 2.43. The van der Waals surface area contributed by atoms with Crippen LogP contribution in [0.4, 0.5) is 4.39 Å². The van der Waals surface area contributed by atoms with Gasteiger partial charge in [0.15, 0.2) is 5.78 Å². The summed E-state index contributed by atoms with van der Waals surface area (Å²) in [4.78, 5) is 23.8. The molecule has 0 amide bonds. The Balaban J connectivity index is 2.60. The van der Waals surface area contributed by atoms with Gasteiger partial charge in [-0.15, -0.1) is 0 Å². The van der Waals surface area contributed by atoms with Gasteiger partial charge in [-0.3, -0.25) is 9.59 Å². The van der Waals surface area contributed by atoms with E-state index in [1.807, 2.05) is 0 Å². The standard InChI is InChI=1S/C14H9FN2O3/c1-17-7-9(4-8(6-16)14(17)20)13(19)11-5-10(15)2-3-12(11)18/h2-5,7,18H,1H3. The van der Waals surface area contributed by atoms with Crippen molar-refractivity contribution in [3.8, 4) is 11.8 Å². The first-order valence-corrected chi connectivity index (χ1v) is 5.58. The first-order chi connectivity index (χ1) is 9.43. The molecule has 2 aromatic rings. The van der Waals surface area contributed by atoms with Gasteiger partial charge in [0, 0.05) is 18.8 Å². The number of benzene rings is 1. The van der Waals surface area contributed by atoms with Crippen LogP contribution in [0.15, 0.2) is 35.3 Å². The van der Waals surface area contributed by atoms with E-state index < -0.39 is 17.2 Å². The van der Waals surface area contributed by atoms with Crippen molar-refractivity contribution in [1.29, 1.82) is 5.26 Å². The fourth-order valence-corrected chi connectivity index (χ4v) is 1.76. The van der Waals surface area contributed by atoms with Crippen molar-refractivity contribution in [3.05, 3.63) is 63.3 Å². The Hall–Kier alpha value is -2.94. The van der Waals surface area contributed by atoms with Crippen molar-refractivity contribution < 1.29 is 14.3 Å². The van der Waals surface area contributed by atoms with Crippen molar-refractivity contribution in [2.24, 2.45) is 7.05 Å². The van der Waals surface area contributed by atoms with Gasteiger partial charge in [-0.25, -0.2) is 4.39 Å². The number of rotatable bonds is 2. The molecule has 1 aromatic carbocycles. The lowest BCUT2D eigenvalue weighted by molar-refractivity contribution is 0.103. The van der Waals surface area contributed by atoms with Gasteiger partial charge in [0.05, 0.1) is 5.56 Å². The molecule has 100 valence electrons. The van der Waals surface area contributed by atoms with Crippen LogP contribution in [0.25, 0.3) is 0 Å². The number of phenols is 1. The molecule has 0 aliphatic rings. The minimum absolute atomic E-state index is 0.0181. The van der Waals surface area contributed by atoms with Crippen molar-refractivity contribution in [1.82, 2.24) is 4.57 Å². The Bertz CT molecular complexity index is 803. The third-order valence-corrected chi connectivity index (χ3v) is 2.77. The molecule has 0 spiro atoms. The first-order valence-electron chi connectivity index (χ1n) is 5.58. The van der Waals surface area contributed by atoms with Crippen molar-refractivity contribution >= 4 is 5.78 Å². The van der Waals surface area contributed by atoms with Gasteiger partial charge in [-0.1, -0.05) is 0 Å². The fraction of sp³-hybridized carbons (Fsp3) is 0.0714. The zero-order chi connectivity index (χ0) is 14.9. The summed E-state index contributed by atoms with van der Waals surface area (Å²) in [5.74, 6) is -1.71. The van der Waals surface area contributed by atoms with E-state index >= 15 is 0 Å². The molecule has 0 radical (unpaired) electrons. The maximum atomic E-state index is 13.1. The SMILES string of the molecule is Cn1cc(C(=O)c2cc(F)ccc2O)cc(C#N)c1=O. The third-order valence-electron chi connectivity index (χ3n) is 2.77. The lowest BCUT2D eigenvalue weighted by atomic mass is 10.0. The maximum absolute atomic E-state index is 13.1. The van der Waals surface area contributed by atoms with E-state index in [0.29, 0.717) is 0 Å². The molecule has 0 unspecified atom stereocenters. The minimum Gasteiger partial charge on any atom is -0.507 e. The molecule has 5 nitrogen and oxygen atoms in total. The molecule has 0 bridgehead atoms. The third kappa shape index (κ3) is 2.29. The molecule has 0 atom stereocenters. The van der Waals surface area contributed by atoms with Gasteiger partial charge in [0.25, 0.3) is 5.56 Å². The summed E-state index contributed by atoms with van der Waals surface area (Å²) < 4.78 is 14.2. The lowest BCUT2D eigenvalue weighted by Gasteiger charge is -2.06. The molecule has 0 aliphatic carbocycles. The average molecular weight is 272 g/mol. The molecular weight excluding hydrogens is 263 g/mol. The molecule has 1 N–H and O–H groups in total. The summed E-state index contributed by atoms with van der Waals surface area (Å²) >= 11 is 0. The van der Waals surface area contributed by atoms with E-state index in [-0.39, 0.29) is 22.4 Å². The number of phenolic OH excluding ortho intramolecular Hbond substituents is 1. The number of nitrogens with zero attached hydrogens (tertiary/aromatic N) is 2. The Morgan fingerprint density at radius 3 is 2.75 bits per heavy atom. The van der Waals surface area contributed by atoms with Crippen LogP contribution >= 0.6 is 0 Å². The number of hydrogen-bond acceptors (Lipinski definition) is 4. The lowest BCUT2D eigenvalue weighted by Crippen LogP contribution is -2.21. The molecule has 2 rings (SSSR count). The largest absolute Gasteiger partial charge is 0.507 e. The predicted octanol–water partition coefficient (Wildman–Crippen LogP) is 1.33. The Labute approximate surface area is 113 Å². The predicted molar refractivity (Wildman–Crippen MR) is 67.9 cm³/mol. The first kappa shape index (κ1) is 13.5. The summed E-state index contributed by atoms with van der Waals surface area (Å²) in [6.45, 7) is 0. The number of pyridine rings is 1. The molecule has 6 heteroatoms. The van der Waals surface area contributed by atoms with Gasteiger partial charge >= 0.3 is 0 Å². The quantitative estimate of drug-likeness (QED) is 0.836. The zero-order valence-electron chi connectivity index (χ0n) is 10.4. The number of aromatic hydroxyl groups is 1. The van der Waals surface area contributed by atoms with Gasteiger partial charge in [0.2, 0.25) is 0 Å². The number of aromatic nitrogens is 1. The zero-order valence-corrected chi connectivity index (χ0v) is 10.4. The molecule has 0 fully saturated rings. The van der Waals surface area contributed by atoms with Gasteiger partial charge in [0.1, 0.15) is 23.2 Å². The minimum atomic E-state index is -0.672. The smallest absolute Gasteiger partial charge is 0.268 e. The van der Waals surface area contributed by atoms with E-state index in [1.54, 1.807) is 6.07 Å². The van der Waals surface area contributed by atoms with Crippen LogP contribution in [0.5, 0.6) is 5.75 Å². The van der Waals surface area contributed by atoms with Crippen LogP contribution in [0, 0.1) is 17.1 Å². The van der Waals surface area contributed by atoms with E-state index in [2.05, 4.69) is 0 Å². The number of halogens is 1. The van der Waals surface area contributed by atoms with Crippen LogP contribution in [0.3, 0.4) is 0 Å². The summed E-state index contributed by atoms with van der Waals surface area (Å²) in [6.07, 6.45) is 1.23. The van der Waals surface area contributed by atoms with E-state index in [0.717, 1.165) is 28.8 Å². The van der Waals surface area contributed by atoms with Crippen LogP contribution in [-0.2, 0) is 7.05 Å². The second kappa shape index (κ2) is 4.97. The topological polar surface area (TPSA) is 83.1 Å². The van der Waals surface area contributed by atoms with Crippen LogP contribution in [-0.4, -0.2) is 15.5 Å². The molecule has 1 heterocycles. The van der Waals surface area contributed by atoms with Gasteiger partial charge in [-0.2, -0.15) is 5.26 Å². The second-order valence-electron chi connectivity index (χ2n) is 4.16. The number of ketones is 1. The van der Waals surface area contributed by atoms with E-state index in [4.69, 9.17) is 5.26 Å². The Morgan fingerprint density at radius 2 is 2.10 bits per heavy atom. The van der Waals surface area contributed by atoms with Gasteiger partial charge < -0.3 is 9.67 Å². The number of hydrogen-bond donors (Lipinski definition) is 1. The highest BCUT2D eigenvalue weighted by molar-refractivity contribution is 6.10. The van der Waals surface area contributed by atoms with Crippen LogP contribution in [0.1, 0.15) is 21.5 Å². The Morgan fingerprint density at radius 1 is 1.40 bits per heavy atom. The summed E-state index contributed by atoms with van der Waals surface area (Å²) in [6, 6.07) is 5.79. The highest BCUT2D eigenvalue weighted by atomic mass is 19.1. The summed E-state index contributed by atoms with van der Waals surface area (Å²) in [5.41, 5.74) is -0.946. The molecule has 0 saturated heterocycles. The van der Waals surface area contributed by atoms with Crippen LogP contribution < -0.4 is 5.56 Å².